The molecule has 7 nitrogen and oxygen atoms in total. The zero-order chi connectivity index (χ0) is 16.1. The van der Waals surface area contributed by atoms with E-state index in [1.54, 1.807) is 24.3 Å². The van der Waals surface area contributed by atoms with Crippen LogP contribution >= 0.6 is 0 Å². The number of hydrogen-bond acceptors (Lipinski definition) is 6. The van der Waals surface area contributed by atoms with Gasteiger partial charge in [0.05, 0.1) is 4.92 Å². The average Bonchev–Trinajstić information content (AvgIpc) is 2.56. The lowest BCUT2D eigenvalue weighted by molar-refractivity contribution is -0.387. The van der Waals surface area contributed by atoms with Crippen LogP contribution in [0.15, 0.2) is 36.7 Å². The fourth-order valence-electron chi connectivity index (χ4n) is 2.61. The second-order valence-corrected chi connectivity index (χ2v) is 5.38. The highest BCUT2D eigenvalue weighted by Gasteiger charge is 2.29. The number of aromatic nitrogens is 2. The number of hydrogen-bond donors (Lipinski definition) is 0. The Labute approximate surface area is 133 Å². The lowest BCUT2D eigenvalue weighted by Gasteiger charge is -2.22. The molecule has 1 saturated carbocycles. The van der Waals surface area contributed by atoms with Crippen LogP contribution in [0.25, 0.3) is 0 Å². The quantitative estimate of drug-likeness (QED) is 0.614. The SMILES string of the molecule is O=[N+]([O-])c1c(Oc2ccccc2)ncnc1OC1CCCCC1. The normalized spacial score (nSPS) is 15.1. The molecule has 0 saturated heterocycles. The van der Waals surface area contributed by atoms with Gasteiger partial charge in [-0.25, -0.2) is 0 Å². The summed E-state index contributed by atoms with van der Waals surface area (Å²) in [4.78, 5) is 18.7. The van der Waals surface area contributed by atoms with Gasteiger partial charge in [0.15, 0.2) is 0 Å². The van der Waals surface area contributed by atoms with Crippen molar-refractivity contribution in [2.24, 2.45) is 0 Å². The first-order chi connectivity index (χ1) is 11.2. The maximum atomic E-state index is 11.4. The summed E-state index contributed by atoms with van der Waals surface area (Å²) >= 11 is 0. The second-order valence-electron chi connectivity index (χ2n) is 5.38. The standard InChI is InChI=1S/C16H17N3O4/c20-19(21)14-15(22-12-7-3-1-4-8-12)17-11-18-16(14)23-13-9-5-2-6-10-13/h1,3-4,7-8,11,13H,2,5-6,9-10H2. The number of benzene rings is 1. The molecule has 1 heterocycles. The molecule has 0 aliphatic heterocycles. The number of nitrogens with zero attached hydrogens (tertiary/aromatic N) is 3. The Balaban J connectivity index is 1.87. The van der Waals surface area contributed by atoms with Crippen LogP contribution in [0.2, 0.25) is 0 Å². The van der Waals surface area contributed by atoms with E-state index >= 15 is 0 Å². The Morgan fingerprint density at radius 2 is 1.74 bits per heavy atom. The van der Waals surface area contributed by atoms with E-state index in [2.05, 4.69) is 9.97 Å². The molecular weight excluding hydrogens is 298 g/mol. The number of ether oxygens (including phenoxy) is 2. The first kappa shape index (κ1) is 15.2. The fourth-order valence-corrected chi connectivity index (χ4v) is 2.61. The molecule has 3 rings (SSSR count). The molecule has 1 aromatic heterocycles. The lowest BCUT2D eigenvalue weighted by atomic mass is 9.98. The maximum absolute atomic E-state index is 11.4. The van der Waals surface area contributed by atoms with Gasteiger partial charge >= 0.3 is 17.4 Å². The smallest absolute Gasteiger partial charge is 0.392 e. The van der Waals surface area contributed by atoms with Crippen LogP contribution in [-0.4, -0.2) is 21.0 Å². The number of para-hydroxylation sites is 1. The largest absolute Gasteiger partial charge is 0.469 e. The molecule has 0 bridgehead atoms. The molecule has 1 aliphatic rings. The molecule has 0 spiro atoms. The van der Waals surface area contributed by atoms with E-state index in [4.69, 9.17) is 9.47 Å². The van der Waals surface area contributed by atoms with Crippen molar-refractivity contribution in [3.8, 4) is 17.5 Å². The Bertz CT molecular complexity index is 672. The molecule has 2 aromatic rings. The molecule has 1 fully saturated rings. The van der Waals surface area contributed by atoms with E-state index in [1.165, 1.54) is 12.7 Å². The Morgan fingerprint density at radius 3 is 2.43 bits per heavy atom. The van der Waals surface area contributed by atoms with Crippen molar-refractivity contribution >= 4 is 5.69 Å². The van der Waals surface area contributed by atoms with E-state index in [-0.39, 0.29) is 23.6 Å². The third kappa shape index (κ3) is 3.74. The summed E-state index contributed by atoms with van der Waals surface area (Å²) < 4.78 is 11.3. The van der Waals surface area contributed by atoms with Gasteiger partial charge in [-0.3, -0.25) is 10.1 Å². The number of rotatable bonds is 5. The molecule has 0 unspecified atom stereocenters. The number of nitro groups is 1. The minimum absolute atomic E-state index is 0.0252. The zero-order valence-corrected chi connectivity index (χ0v) is 12.6. The van der Waals surface area contributed by atoms with Gasteiger partial charge in [0, 0.05) is 0 Å². The summed E-state index contributed by atoms with van der Waals surface area (Å²) in [7, 11) is 0. The summed E-state index contributed by atoms with van der Waals surface area (Å²) in [5, 5.41) is 11.4. The van der Waals surface area contributed by atoms with E-state index < -0.39 is 4.92 Å². The summed E-state index contributed by atoms with van der Waals surface area (Å²) in [5.41, 5.74) is -0.332. The maximum Gasteiger partial charge on any atom is 0.392 e. The van der Waals surface area contributed by atoms with Crippen molar-refractivity contribution in [1.82, 2.24) is 9.97 Å². The van der Waals surface area contributed by atoms with Crippen molar-refractivity contribution in [3.05, 3.63) is 46.8 Å². The van der Waals surface area contributed by atoms with Crippen molar-refractivity contribution in [2.75, 3.05) is 0 Å². The molecule has 120 valence electrons. The highest BCUT2D eigenvalue weighted by molar-refractivity contribution is 5.50. The van der Waals surface area contributed by atoms with Gasteiger partial charge in [0.25, 0.3) is 0 Å². The van der Waals surface area contributed by atoms with E-state index in [1.807, 2.05) is 6.07 Å². The molecule has 1 aromatic carbocycles. The Hall–Kier alpha value is -2.70. The summed E-state index contributed by atoms with van der Waals surface area (Å²) in [6, 6.07) is 8.80. The van der Waals surface area contributed by atoms with Crippen molar-refractivity contribution in [1.29, 1.82) is 0 Å². The van der Waals surface area contributed by atoms with E-state index in [0.29, 0.717) is 5.75 Å². The first-order valence-electron chi connectivity index (χ1n) is 7.63. The van der Waals surface area contributed by atoms with Crippen molar-refractivity contribution in [2.45, 2.75) is 38.2 Å². The van der Waals surface area contributed by atoms with E-state index in [0.717, 1.165) is 25.7 Å². The molecule has 23 heavy (non-hydrogen) atoms. The van der Waals surface area contributed by atoms with Gasteiger partial charge in [-0.2, -0.15) is 9.97 Å². The zero-order valence-electron chi connectivity index (χ0n) is 12.6. The van der Waals surface area contributed by atoms with Gasteiger partial charge in [0.2, 0.25) is 0 Å². The average molecular weight is 315 g/mol. The van der Waals surface area contributed by atoms with Gasteiger partial charge in [-0.05, 0) is 37.8 Å². The summed E-state index contributed by atoms with van der Waals surface area (Å²) in [5.74, 6) is 0.336. The minimum Gasteiger partial charge on any atom is -0.469 e. The van der Waals surface area contributed by atoms with Crippen molar-refractivity contribution in [3.63, 3.8) is 0 Å². The predicted octanol–water partition coefficient (Wildman–Crippen LogP) is 3.89. The van der Waals surface area contributed by atoms with Crippen LogP contribution in [0.4, 0.5) is 5.69 Å². The molecular formula is C16H17N3O4. The third-order valence-corrected chi connectivity index (χ3v) is 3.73. The van der Waals surface area contributed by atoms with Gasteiger partial charge in [0.1, 0.15) is 18.2 Å². The molecule has 1 aliphatic carbocycles. The van der Waals surface area contributed by atoms with Crippen LogP contribution in [0.1, 0.15) is 32.1 Å². The first-order valence-corrected chi connectivity index (χ1v) is 7.63. The highest BCUT2D eigenvalue weighted by atomic mass is 16.6. The Kier molecular flexibility index (Phi) is 4.65. The summed E-state index contributed by atoms with van der Waals surface area (Å²) in [6.45, 7) is 0. The minimum atomic E-state index is -0.559. The van der Waals surface area contributed by atoms with Gasteiger partial charge in [-0.1, -0.05) is 24.6 Å². The van der Waals surface area contributed by atoms with Gasteiger partial charge < -0.3 is 9.47 Å². The van der Waals surface area contributed by atoms with Crippen LogP contribution < -0.4 is 9.47 Å². The van der Waals surface area contributed by atoms with Crippen LogP contribution in [0, 0.1) is 10.1 Å². The molecule has 0 amide bonds. The topological polar surface area (TPSA) is 87.4 Å². The predicted molar refractivity (Wildman–Crippen MR) is 82.7 cm³/mol. The molecule has 0 atom stereocenters. The van der Waals surface area contributed by atoms with E-state index in [9.17, 15) is 10.1 Å². The lowest BCUT2D eigenvalue weighted by Crippen LogP contribution is -2.21. The van der Waals surface area contributed by atoms with Crippen LogP contribution in [0.5, 0.6) is 17.5 Å². The highest BCUT2D eigenvalue weighted by Crippen LogP contribution is 2.36. The monoisotopic (exact) mass is 315 g/mol. The third-order valence-electron chi connectivity index (χ3n) is 3.73. The molecule has 0 radical (unpaired) electrons. The second kappa shape index (κ2) is 7.04. The fraction of sp³-hybridized carbons (Fsp3) is 0.375. The van der Waals surface area contributed by atoms with Gasteiger partial charge in [-0.15, -0.1) is 0 Å². The molecule has 0 N–H and O–H groups in total. The van der Waals surface area contributed by atoms with Crippen LogP contribution in [-0.2, 0) is 0 Å². The molecule has 7 heteroatoms. The van der Waals surface area contributed by atoms with Crippen molar-refractivity contribution < 1.29 is 14.4 Å². The van der Waals surface area contributed by atoms with Crippen LogP contribution in [0.3, 0.4) is 0 Å². The summed E-state index contributed by atoms with van der Waals surface area (Å²) in [6.07, 6.45) is 6.26. The Morgan fingerprint density at radius 1 is 1.04 bits per heavy atom.